The van der Waals surface area contributed by atoms with E-state index in [0.29, 0.717) is 19.1 Å². The van der Waals surface area contributed by atoms with Gasteiger partial charge in [0.2, 0.25) is 5.91 Å². The first-order valence-corrected chi connectivity index (χ1v) is 9.32. The Hall–Kier alpha value is -1.26. The van der Waals surface area contributed by atoms with Crippen molar-refractivity contribution in [2.24, 2.45) is 5.92 Å². The highest BCUT2D eigenvalue weighted by Gasteiger charge is 2.25. The van der Waals surface area contributed by atoms with Crippen molar-refractivity contribution in [3.63, 3.8) is 0 Å². The van der Waals surface area contributed by atoms with Gasteiger partial charge in [0.25, 0.3) is 0 Å². The molecule has 3 rings (SSSR count). The van der Waals surface area contributed by atoms with Crippen molar-refractivity contribution in [3.8, 4) is 5.75 Å². The van der Waals surface area contributed by atoms with Crippen LogP contribution >= 0.6 is 12.4 Å². The van der Waals surface area contributed by atoms with Gasteiger partial charge in [0.15, 0.2) is 0 Å². The number of carbonyl (C=O) groups excluding carboxylic acids is 1. The number of hydrogen-bond acceptors (Lipinski definition) is 3. The second-order valence-corrected chi connectivity index (χ2v) is 7.43. The van der Waals surface area contributed by atoms with E-state index in [2.05, 4.69) is 25.2 Å². The van der Waals surface area contributed by atoms with Crippen molar-refractivity contribution in [1.29, 1.82) is 0 Å². The lowest BCUT2D eigenvalue weighted by atomic mass is 10.0. The van der Waals surface area contributed by atoms with Gasteiger partial charge in [0.05, 0.1) is 13.0 Å². The van der Waals surface area contributed by atoms with Crippen molar-refractivity contribution in [3.05, 3.63) is 29.3 Å². The van der Waals surface area contributed by atoms with E-state index in [9.17, 15) is 4.79 Å². The molecule has 1 heterocycles. The molecule has 0 radical (unpaired) electrons. The smallest absolute Gasteiger partial charge is 0.225 e. The molecule has 140 valence electrons. The number of benzene rings is 1. The highest BCUT2D eigenvalue weighted by Crippen LogP contribution is 2.28. The molecule has 5 heteroatoms. The number of hydrogen-bond donors (Lipinski definition) is 1. The summed E-state index contributed by atoms with van der Waals surface area (Å²) < 4.78 is 5.76. The van der Waals surface area contributed by atoms with Gasteiger partial charge in [0, 0.05) is 19.1 Å². The quantitative estimate of drug-likeness (QED) is 0.803. The summed E-state index contributed by atoms with van der Waals surface area (Å²) in [5, 5.41) is 3.66. The largest absolute Gasteiger partial charge is 0.493 e. The molecule has 1 aliphatic heterocycles. The number of halogens is 1. The molecule has 1 N–H and O–H groups in total. The molecule has 0 bridgehead atoms. The number of ether oxygens (including phenoxy) is 1. The first-order valence-electron chi connectivity index (χ1n) is 9.32. The lowest BCUT2D eigenvalue weighted by Crippen LogP contribution is -2.45. The van der Waals surface area contributed by atoms with Crippen LogP contribution in [-0.2, 0) is 4.79 Å². The zero-order valence-corrected chi connectivity index (χ0v) is 16.2. The van der Waals surface area contributed by atoms with E-state index >= 15 is 0 Å². The van der Waals surface area contributed by atoms with Gasteiger partial charge in [-0.2, -0.15) is 0 Å². The molecule has 1 saturated carbocycles. The first-order chi connectivity index (χ1) is 11.6. The Morgan fingerprint density at radius 2 is 1.76 bits per heavy atom. The van der Waals surface area contributed by atoms with E-state index in [-0.39, 0.29) is 18.3 Å². The third-order valence-corrected chi connectivity index (χ3v) is 5.02. The Labute approximate surface area is 157 Å². The van der Waals surface area contributed by atoms with Gasteiger partial charge in [-0.05, 0) is 75.3 Å². The molecule has 0 unspecified atom stereocenters. The van der Waals surface area contributed by atoms with Crippen molar-refractivity contribution in [1.82, 2.24) is 10.2 Å². The molecule has 1 saturated heterocycles. The van der Waals surface area contributed by atoms with Crippen molar-refractivity contribution in [2.75, 3.05) is 26.2 Å². The lowest BCUT2D eigenvalue weighted by molar-refractivity contribution is -0.132. The van der Waals surface area contributed by atoms with Crippen molar-refractivity contribution >= 4 is 18.3 Å². The summed E-state index contributed by atoms with van der Waals surface area (Å²) >= 11 is 0. The molecule has 2 fully saturated rings. The van der Waals surface area contributed by atoms with E-state index in [1.807, 2.05) is 17.0 Å². The molecule has 4 nitrogen and oxygen atoms in total. The molecule has 1 aliphatic carbocycles. The number of amides is 1. The van der Waals surface area contributed by atoms with E-state index in [0.717, 1.165) is 37.6 Å². The van der Waals surface area contributed by atoms with Crippen LogP contribution in [0.1, 0.15) is 43.2 Å². The normalized spacial score (nSPS) is 17.9. The summed E-state index contributed by atoms with van der Waals surface area (Å²) in [6.45, 7) is 7.51. The van der Waals surface area contributed by atoms with Gasteiger partial charge in [-0.3, -0.25) is 4.79 Å². The monoisotopic (exact) mass is 366 g/mol. The minimum Gasteiger partial charge on any atom is -0.493 e. The predicted molar refractivity (Wildman–Crippen MR) is 104 cm³/mol. The fraction of sp³-hybridized carbons (Fsp3) is 0.650. The molecule has 0 spiro atoms. The van der Waals surface area contributed by atoms with Crippen LogP contribution in [0.4, 0.5) is 0 Å². The maximum atomic E-state index is 12.3. The van der Waals surface area contributed by atoms with Gasteiger partial charge in [-0.1, -0.05) is 6.07 Å². The van der Waals surface area contributed by atoms with Crippen LogP contribution in [0.25, 0.3) is 0 Å². The molecule has 1 aromatic rings. The third-order valence-electron chi connectivity index (χ3n) is 5.02. The van der Waals surface area contributed by atoms with Crippen LogP contribution in [0, 0.1) is 19.8 Å². The summed E-state index contributed by atoms with van der Waals surface area (Å²) in [4.78, 5) is 14.3. The maximum Gasteiger partial charge on any atom is 0.225 e. The van der Waals surface area contributed by atoms with Crippen LogP contribution in [0.15, 0.2) is 18.2 Å². The number of nitrogens with zero attached hydrogens (tertiary/aromatic N) is 1. The van der Waals surface area contributed by atoms with Gasteiger partial charge in [0.1, 0.15) is 5.75 Å². The minimum absolute atomic E-state index is 0. The fourth-order valence-electron chi connectivity index (χ4n) is 3.42. The summed E-state index contributed by atoms with van der Waals surface area (Å²) in [7, 11) is 0. The molecule has 1 amide bonds. The molecule has 0 atom stereocenters. The van der Waals surface area contributed by atoms with Gasteiger partial charge in [-0.15, -0.1) is 12.4 Å². The zero-order valence-electron chi connectivity index (χ0n) is 15.4. The molecular formula is C20H31ClN2O2. The summed E-state index contributed by atoms with van der Waals surface area (Å²) in [5.74, 6) is 2.01. The van der Waals surface area contributed by atoms with Gasteiger partial charge < -0.3 is 15.0 Å². The Morgan fingerprint density at radius 1 is 1.12 bits per heavy atom. The van der Waals surface area contributed by atoms with E-state index < -0.39 is 0 Å². The van der Waals surface area contributed by atoms with E-state index in [1.54, 1.807) is 0 Å². The van der Waals surface area contributed by atoms with Crippen LogP contribution in [-0.4, -0.2) is 43.1 Å². The molecule has 1 aromatic carbocycles. The number of likely N-dealkylation sites (tertiary alicyclic amines) is 1. The Bertz CT molecular complexity index is 547. The molecule has 0 aromatic heterocycles. The number of piperidine rings is 1. The van der Waals surface area contributed by atoms with Crippen molar-refractivity contribution < 1.29 is 9.53 Å². The van der Waals surface area contributed by atoms with E-state index in [1.165, 1.54) is 30.5 Å². The SMILES string of the molecule is Cc1cc(C)cc(OCCC(=O)N2CCC(NCC3CC3)CC2)c1.Cl. The van der Waals surface area contributed by atoms with Crippen molar-refractivity contribution in [2.45, 2.75) is 52.0 Å². The minimum atomic E-state index is 0. The Balaban J connectivity index is 0.00000225. The Morgan fingerprint density at radius 3 is 2.36 bits per heavy atom. The highest BCUT2D eigenvalue weighted by atomic mass is 35.5. The summed E-state index contributed by atoms with van der Waals surface area (Å²) in [6, 6.07) is 6.77. The topological polar surface area (TPSA) is 41.6 Å². The van der Waals surface area contributed by atoms with Gasteiger partial charge in [-0.25, -0.2) is 0 Å². The average molecular weight is 367 g/mol. The average Bonchev–Trinajstić information content (AvgIpc) is 3.37. The second-order valence-electron chi connectivity index (χ2n) is 7.43. The van der Waals surface area contributed by atoms with Crippen LogP contribution in [0.5, 0.6) is 5.75 Å². The third kappa shape index (κ3) is 6.52. The second kappa shape index (κ2) is 9.44. The van der Waals surface area contributed by atoms with Crippen LogP contribution in [0.2, 0.25) is 0 Å². The summed E-state index contributed by atoms with van der Waals surface area (Å²) in [5.41, 5.74) is 2.38. The first kappa shape index (κ1) is 20.1. The standard InChI is InChI=1S/C20H30N2O2.ClH/c1-15-11-16(2)13-19(12-15)24-10-7-20(23)22-8-5-18(6-9-22)21-14-17-3-4-17;/h11-13,17-18,21H,3-10,14H2,1-2H3;1H. The number of aryl methyl sites for hydroxylation is 2. The zero-order chi connectivity index (χ0) is 16.9. The van der Waals surface area contributed by atoms with Gasteiger partial charge >= 0.3 is 0 Å². The highest BCUT2D eigenvalue weighted by molar-refractivity contribution is 5.85. The van der Waals surface area contributed by atoms with E-state index in [4.69, 9.17) is 4.74 Å². The summed E-state index contributed by atoms with van der Waals surface area (Å²) in [6.07, 6.45) is 5.41. The number of nitrogens with one attached hydrogen (secondary N) is 1. The molecule has 2 aliphatic rings. The molecule has 25 heavy (non-hydrogen) atoms. The van der Waals surface area contributed by atoms with Crippen LogP contribution < -0.4 is 10.1 Å². The number of rotatable bonds is 7. The number of carbonyl (C=O) groups is 1. The van der Waals surface area contributed by atoms with Crippen LogP contribution in [0.3, 0.4) is 0 Å². The predicted octanol–water partition coefficient (Wildman–Crippen LogP) is 3.48. The fourth-order valence-corrected chi connectivity index (χ4v) is 3.42. The maximum absolute atomic E-state index is 12.3. The Kier molecular flexibility index (Phi) is 7.57. The lowest BCUT2D eigenvalue weighted by Gasteiger charge is -2.32. The molecular weight excluding hydrogens is 336 g/mol.